The van der Waals surface area contributed by atoms with Gasteiger partial charge in [-0.25, -0.2) is 4.39 Å². The lowest BCUT2D eigenvalue weighted by Crippen LogP contribution is -2.35. The molecule has 0 bridgehead atoms. The van der Waals surface area contributed by atoms with Gasteiger partial charge < -0.3 is 10.4 Å². The molecule has 3 nitrogen and oxygen atoms in total. The minimum Gasteiger partial charge on any atom is -0.480 e. The second-order valence-electron chi connectivity index (χ2n) is 5.78. The van der Waals surface area contributed by atoms with Crippen molar-refractivity contribution in [1.82, 2.24) is 5.32 Å². The zero-order chi connectivity index (χ0) is 19.6. The van der Waals surface area contributed by atoms with Gasteiger partial charge in [-0.15, -0.1) is 0 Å². The number of likely N-dealkylation sites (N-methyl/N-ethyl adjacent to an activating group) is 1. The molecule has 0 aliphatic rings. The van der Waals surface area contributed by atoms with Crippen LogP contribution in [0.4, 0.5) is 4.39 Å². The SMILES string of the molecule is CN[C@H](CS)C(=O)O.Fc1ccc(-c2ccccc2-c2ccccc2)cc1. The summed E-state index contributed by atoms with van der Waals surface area (Å²) in [5, 5.41) is 10.8. The summed E-state index contributed by atoms with van der Waals surface area (Å²) in [6.07, 6.45) is 0. The fraction of sp³-hybridized carbons (Fsp3) is 0.136. The number of carboxylic acid groups (broad SMARTS) is 1. The highest BCUT2D eigenvalue weighted by Crippen LogP contribution is 2.31. The Balaban J connectivity index is 0.000000279. The fourth-order valence-electron chi connectivity index (χ4n) is 2.53. The Morgan fingerprint density at radius 3 is 1.81 bits per heavy atom. The Bertz CT molecular complexity index is 850. The quantitative estimate of drug-likeness (QED) is 0.558. The van der Waals surface area contributed by atoms with E-state index >= 15 is 0 Å². The highest BCUT2D eigenvalue weighted by Gasteiger charge is 2.10. The number of hydrogen-bond donors (Lipinski definition) is 3. The van der Waals surface area contributed by atoms with Gasteiger partial charge in [0.2, 0.25) is 0 Å². The topological polar surface area (TPSA) is 49.3 Å². The molecule has 2 N–H and O–H groups in total. The van der Waals surface area contributed by atoms with E-state index in [2.05, 4.69) is 42.2 Å². The fourth-order valence-corrected chi connectivity index (χ4v) is 2.87. The summed E-state index contributed by atoms with van der Waals surface area (Å²) in [5.74, 6) is -0.741. The summed E-state index contributed by atoms with van der Waals surface area (Å²) in [6, 6.07) is 24.5. The molecule has 1 atom stereocenters. The van der Waals surface area contributed by atoms with Crippen LogP contribution >= 0.6 is 12.6 Å². The molecule has 0 heterocycles. The smallest absolute Gasteiger partial charge is 0.321 e. The molecular weight excluding hydrogens is 361 g/mol. The second kappa shape index (κ2) is 10.5. The normalized spacial score (nSPS) is 11.2. The maximum atomic E-state index is 13.0. The van der Waals surface area contributed by atoms with Crippen molar-refractivity contribution < 1.29 is 14.3 Å². The van der Waals surface area contributed by atoms with Gasteiger partial charge in [-0.1, -0.05) is 66.7 Å². The van der Waals surface area contributed by atoms with Crippen molar-refractivity contribution in [2.75, 3.05) is 12.8 Å². The van der Waals surface area contributed by atoms with Crippen LogP contribution in [-0.2, 0) is 4.79 Å². The molecule has 3 aromatic rings. The Kier molecular flexibility index (Phi) is 8.04. The van der Waals surface area contributed by atoms with Crippen molar-refractivity contribution in [3.8, 4) is 22.3 Å². The van der Waals surface area contributed by atoms with Crippen LogP contribution in [0.5, 0.6) is 0 Å². The predicted octanol–water partition coefficient (Wildman–Crippen LogP) is 4.75. The molecule has 5 heteroatoms. The summed E-state index contributed by atoms with van der Waals surface area (Å²) in [4.78, 5) is 10.1. The van der Waals surface area contributed by atoms with E-state index in [4.69, 9.17) is 5.11 Å². The van der Waals surface area contributed by atoms with Crippen LogP contribution in [0.15, 0.2) is 78.9 Å². The number of benzene rings is 3. The molecule has 0 radical (unpaired) electrons. The van der Waals surface area contributed by atoms with E-state index in [-0.39, 0.29) is 5.82 Å². The van der Waals surface area contributed by atoms with E-state index < -0.39 is 12.0 Å². The third-order valence-electron chi connectivity index (χ3n) is 4.00. The molecule has 0 aliphatic heterocycles. The standard InChI is InChI=1S/C18H13F.C4H9NO2S/c19-16-12-10-15(11-13-16)18-9-5-4-8-17(18)14-6-2-1-3-7-14;1-5-3(2-8)4(6)7/h1-13H;3,5,8H,2H2,1H3,(H,6,7)/t;3-/m.1/s1. The van der Waals surface area contributed by atoms with Crippen LogP contribution in [0.25, 0.3) is 22.3 Å². The maximum Gasteiger partial charge on any atom is 0.321 e. The van der Waals surface area contributed by atoms with Crippen LogP contribution < -0.4 is 5.32 Å². The summed E-state index contributed by atoms with van der Waals surface area (Å²) in [7, 11) is 1.59. The third-order valence-corrected chi connectivity index (χ3v) is 4.36. The zero-order valence-electron chi connectivity index (χ0n) is 15.0. The molecule has 0 unspecified atom stereocenters. The van der Waals surface area contributed by atoms with Crippen molar-refractivity contribution >= 4 is 18.6 Å². The Morgan fingerprint density at radius 2 is 1.41 bits per heavy atom. The van der Waals surface area contributed by atoms with Crippen molar-refractivity contribution in [2.24, 2.45) is 0 Å². The first kappa shape index (κ1) is 20.7. The average molecular weight is 383 g/mol. The summed E-state index contributed by atoms with van der Waals surface area (Å²) >= 11 is 3.79. The molecule has 140 valence electrons. The van der Waals surface area contributed by atoms with E-state index in [1.54, 1.807) is 7.05 Å². The van der Waals surface area contributed by atoms with Crippen LogP contribution in [0, 0.1) is 5.82 Å². The molecule has 27 heavy (non-hydrogen) atoms. The van der Waals surface area contributed by atoms with Crippen molar-refractivity contribution in [3.05, 3.63) is 84.7 Å². The Morgan fingerprint density at radius 1 is 0.926 bits per heavy atom. The second-order valence-corrected chi connectivity index (χ2v) is 6.15. The highest BCUT2D eigenvalue weighted by atomic mass is 32.1. The van der Waals surface area contributed by atoms with E-state index in [1.807, 2.05) is 42.5 Å². The van der Waals surface area contributed by atoms with Gasteiger partial charge in [0, 0.05) is 5.75 Å². The van der Waals surface area contributed by atoms with E-state index in [9.17, 15) is 9.18 Å². The summed E-state index contributed by atoms with van der Waals surface area (Å²) in [6.45, 7) is 0. The summed E-state index contributed by atoms with van der Waals surface area (Å²) in [5.41, 5.74) is 4.48. The predicted molar refractivity (Wildman–Crippen MR) is 112 cm³/mol. The third kappa shape index (κ3) is 5.94. The first-order chi connectivity index (χ1) is 13.1. The maximum absolute atomic E-state index is 13.0. The number of nitrogens with one attached hydrogen (secondary N) is 1. The minimum absolute atomic E-state index is 0.207. The molecule has 0 aliphatic carbocycles. The number of carbonyl (C=O) groups is 1. The van der Waals surface area contributed by atoms with Gasteiger partial charge in [0.1, 0.15) is 11.9 Å². The number of carboxylic acids is 1. The molecule has 0 fully saturated rings. The largest absolute Gasteiger partial charge is 0.480 e. The number of thiol groups is 1. The van der Waals surface area contributed by atoms with Crippen LogP contribution in [0.3, 0.4) is 0 Å². The highest BCUT2D eigenvalue weighted by molar-refractivity contribution is 7.80. The Hall–Kier alpha value is -2.63. The number of rotatable bonds is 5. The summed E-state index contributed by atoms with van der Waals surface area (Å²) < 4.78 is 13.0. The van der Waals surface area contributed by atoms with Gasteiger partial charge in [-0.05, 0) is 41.4 Å². The van der Waals surface area contributed by atoms with Gasteiger partial charge in [0.05, 0.1) is 0 Å². The van der Waals surface area contributed by atoms with Crippen LogP contribution in [0.2, 0.25) is 0 Å². The van der Waals surface area contributed by atoms with Crippen molar-refractivity contribution in [3.63, 3.8) is 0 Å². The first-order valence-electron chi connectivity index (χ1n) is 8.48. The first-order valence-corrected chi connectivity index (χ1v) is 9.11. The molecule has 0 saturated carbocycles. The molecule has 0 spiro atoms. The number of hydrogen-bond acceptors (Lipinski definition) is 3. The van der Waals surface area contributed by atoms with Gasteiger partial charge in [-0.2, -0.15) is 12.6 Å². The Labute approximate surface area is 164 Å². The lowest BCUT2D eigenvalue weighted by atomic mass is 9.95. The van der Waals surface area contributed by atoms with Crippen LogP contribution in [-0.4, -0.2) is 29.9 Å². The molecule has 0 aromatic heterocycles. The number of halogens is 1. The molecule has 3 rings (SSSR count). The van der Waals surface area contributed by atoms with E-state index in [0.717, 1.165) is 16.7 Å². The molecule has 0 saturated heterocycles. The van der Waals surface area contributed by atoms with Crippen molar-refractivity contribution in [1.29, 1.82) is 0 Å². The average Bonchev–Trinajstić information content (AvgIpc) is 2.70. The lowest BCUT2D eigenvalue weighted by Gasteiger charge is -2.10. The zero-order valence-corrected chi connectivity index (χ0v) is 15.9. The van der Waals surface area contributed by atoms with Gasteiger partial charge in [-0.3, -0.25) is 4.79 Å². The lowest BCUT2D eigenvalue weighted by molar-refractivity contribution is -0.138. The van der Waals surface area contributed by atoms with Gasteiger partial charge in [0.25, 0.3) is 0 Å². The molecule has 3 aromatic carbocycles. The molecule has 0 amide bonds. The van der Waals surface area contributed by atoms with Crippen LogP contribution in [0.1, 0.15) is 0 Å². The van der Waals surface area contributed by atoms with Gasteiger partial charge >= 0.3 is 5.97 Å². The van der Waals surface area contributed by atoms with Gasteiger partial charge in [0.15, 0.2) is 0 Å². The van der Waals surface area contributed by atoms with Crippen molar-refractivity contribution in [2.45, 2.75) is 6.04 Å². The van der Waals surface area contributed by atoms with E-state index in [0.29, 0.717) is 5.75 Å². The minimum atomic E-state index is -0.859. The molecular formula is C22H22FNO2S. The number of aliphatic carboxylic acids is 1. The monoisotopic (exact) mass is 383 g/mol. The van der Waals surface area contributed by atoms with E-state index in [1.165, 1.54) is 17.7 Å².